The number of carboxylic acid groups (broad SMARTS) is 1. The summed E-state index contributed by atoms with van der Waals surface area (Å²) in [6.07, 6.45) is 1.32. The second-order valence-electron chi connectivity index (χ2n) is 3.47. The fraction of sp³-hybridized carbons (Fsp3) is 0.800. The second kappa shape index (κ2) is 7.23. The monoisotopic (exact) mass is 216 g/mol. The van der Waals surface area contributed by atoms with Crippen molar-refractivity contribution < 1.29 is 14.7 Å². The highest BCUT2D eigenvalue weighted by atomic mass is 16.4. The summed E-state index contributed by atoms with van der Waals surface area (Å²) in [4.78, 5) is 23.7. The normalized spacial score (nSPS) is 12.2. The van der Waals surface area contributed by atoms with Crippen molar-refractivity contribution in [3.8, 4) is 0 Å². The third-order valence-electron chi connectivity index (χ3n) is 2.28. The lowest BCUT2D eigenvalue weighted by Crippen LogP contribution is -2.43. The van der Waals surface area contributed by atoms with Gasteiger partial charge in [0.05, 0.1) is 6.54 Å². The molecule has 0 aromatic heterocycles. The molecule has 0 saturated carbocycles. The summed E-state index contributed by atoms with van der Waals surface area (Å²) >= 11 is 0. The van der Waals surface area contributed by atoms with Crippen LogP contribution in [0.2, 0.25) is 0 Å². The van der Waals surface area contributed by atoms with Gasteiger partial charge in [0, 0.05) is 13.6 Å². The van der Waals surface area contributed by atoms with Gasteiger partial charge in [0.25, 0.3) is 0 Å². The number of likely N-dealkylation sites (N-methyl/N-ethyl adjacent to an activating group) is 1. The van der Waals surface area contributed by atoms with Gasteiger partial charge in [0.2, 0.25) is 5.91 Å². The smallest absolute Gasteiger partial charge is 0.320 e. The Balaban J connectivity index is 3.99. The van der Waals surface area contributed by atoms with Gasteiger partial charge < -0.3 is 10.0 Å². The van der Waals surface area contributed by atoms with Crippen LogP contribution in [0, 0.1) is 0 Å². The molecule has 1 unspecified atom stereocenters. The number of rotatable bonds is 7. The second-order valence-corrected chi connectivity index (χ2v) is 3.47. The molecule has 0 spiro atoms. The van der Waals surface area contributed by atoms with E-state index in [1.807, 2.05) is 13.8 Å². The van der Waals surface area contributed by atoms with E-state index in [0.29, 0.717) is 13.0 Å². The molecule has 0 aliphatic carbocycles. The zero-order chi connectivity index (χ0) is 11.8. The van der Waals surface area contributed by atoms with E-state index in [-0.39, 0.29) is 12.5 Å². The van der Waals surface area contributed by atoms with Gasteiger partial charge in [-0.2, -0.15) is 0 Å². The maximum absolute atomic E-state index is 11.4. The van der Waals surface area contributed by atoms with Gasteiger partial charge in [-0.3, -0.25) is 14.9 Å². The van der Waals surface area contributed by atoms with Crippen LogP contribution in [0.1, 0.15) is 26.7 Å². The van der Waals surface area contributed by atoms with Gasteiger partial charge in [-0.25, -0.2) is 0 Å². The van der Waals surface area contributed by atoms with Crippen molar-refractivity contribution in [2.45, 2.75) is 32.7 Å². The minimum Gasteiger partial charge on any atom is -0.480 e. The molecular formula is C10H20N2O3. The molecule has 88 valence electrons. The van der Waals surface area contributed by atoms with Crippen molar-refractivity contribution in [1.29, 1.82) is 0 Å². The molecule has 0 aromatic rings. The standard InChI is InChI=1S/C10H20N2O3/c1-4-6-8(10(14)15)11-7-9(13)12(3)5-2/h8,11H,4-7H2,1-3H3,(H,14,15). The molecule has 1 amide bonds. The molecule has 2 N–H and O–H groups in total. The molecule has 1 atom stereocenters. The lowest BCUT2D eigenvalue weighted by Gasteiger charge is -2.17. The van der Waals surface area contributed by atoms with Crippen LogP contribution in [-0.4, -0.2) is 48.1 Å². The molecule has 0 bridgehead atoms. The van der Waals surface area contributed by atoms with Gasteiger partial charge in [-0.05, 0) is 13.3 Å². The van der Waals surface area contributed by atoms with E-state index in [1.54, 1.807) is 11.9 Å². The molecule has 0 aliphatic heterocycles. The van der Waals surface area contributed by atoms with Gasteiger partial charge in [-0.15, -0.1) is 0 Å². The number of carboxylic acids is 1. The molecule has 0 saturated heterocycles. The van der Waals surface area contributed by atoms with Crippen LogP contribution in [0.3, 0.4) is 0 Å². The Hall–Kier alpha value is -1.10. The summed E-state index contributed by atoms with van der Waals surface area (Å²) in [5, 5.41) is 11.6. The van der Waals surface area contributed by atoms with Gasteiger partial charge in [0.1, 0.15) is 6.04 Å². The Labute approximate surface area is 90.5 Å². The number of hydrogen-bond donors (Lipinski definition) is 2. The molecule has 5 nitrogen and oxygen atoms in total. The summed E-state index contributed by atoms with van der Waals surface area (Å²) < 4.78 is 0. The maximum atomic E-state index is 11.4. The summed E-state index contributed by atoms with van der Waals surface area (Å²) in [5.74, 6) is -0.983. The zero-order valence-electron chi connectivity index (χ0n) is 9.62. The number of aliphatic carboxylic acids is 1. The van der Waals surface area contributed by atoms with Gasteiger partial charge >= 0.3 is 5.97 Å². The van der Waals surface area contributed by atoms with Crippen molar-refractivity contribution in [2.75, 3.05) is 20.1 Å². The Bertz CT molecular complexity index is 219. The number of hydrogen-bond acceptors (Lipinski definition) is 3. The van der Waals surface area contributed by atoms with E-state index >= 15 is 0 Å². The highest BCUT2D eigenvalue weighted by Gasteiger charge is 2.17. The Morgan fingerprint density at radius 1 is 1.40 bits per heavy atom. The van der Waals surface area contributed by atoms with Crippen molar-refractivity contribution in [2.24, 2.45) is 0 Å². The summed E-state index contributed by atoms with van der Waals surface area (Å²) in [6.45, 7) is 4.50. The zero-order valence-corrected chi connectivity index (χ0v) is 9.62. The highest BCUT2D eigenvalue weighted by molar-refractivity contribution is 5.79. The van der Waals surface area contributed by atoms with Crippen LogP contribution in [0.5, 0.6) is 0 Å². The number of nitrogens with one attached hydrogen (secondary N) is 1. The van der Waals surface area contributed by atoms with Crippen LogP contribution < -0.4 is 5.32 Å². The lowest BCUT2D eigenvalue weighted by molar-refractivity contribution is -0.140. The van der Waals surface area contributed by atoms with E-state index in [4.69, 9.17) is 5.11 Å². The van der Waals surface area contributed by atoms with Crippen LogP contribution >= 0.6 is 0 Å². The fourth-order valence-corrected chi connectivity index (χ4v) is 1.12. The summed E-state index contributed by atoms with van der Waals surface area (Å²) in [7, 11) is 1.69. The van der Waals surface area contributed by atoms with E-state index in [1.165, 1.54) is 0 Å². The van der Waals surface area contributed by atoms with Crippen molar-refractivity contribution in [1.82, 2.24) is 10.2 Å². The number of nitrogens with zero attached hydrogens (tertiary/aromatic N) is 1. The molecular weight excluding hydrogens is 196 g/mol. The molecule has 0 aromatic carbocycles. The molecule has 0 heterocycles. The molecule has 15 heavy (non-hydrogen) atoms. The predicted octanol–water partition coefficient (Wildman–Crippen LogP) is 0.308. The summed E-state index contributed by atoms with van der Waals surface area (Å²) in [6, 6.07) is -0.621. The minimum atomic E-state index is -0.899. The Kier molecular flexibility index (Phi) is 6.70. The Morgan fingerprint density at radius 3 is 2.40 bits per heavy atom. The molecule has 5 heteroatoms. The third-order valence-corrected chi connectivity index (χ3v) is 2.28. The first-order chi connectivity index (χ1) is 7.02. The largest absolute Gasteiger partial charge is 0.480 e. The quantitative estimate of drug-likeness (QED) is 0.642. The minimum absolute atomic E-state index is 0.0835. The van der Waals surface area contributed by atoms with E-state index in [2.05, 4.69) is 5.32 Å². The first-order valence-corrected chi connectivity index (χ1v) is 5.23. The predicted molar refractivity (Wildman–Crippen MR) is 57.6 cm³/mol. The van der Waals surface area contributed by atoms with Crippen LogP contribution in [-0.2, 0) is 9.59 Å². The number of amides is 1. The van der Waals surface area contributed by atoms with E-state index in [9.17, 15) is 9.59 Å². The van der Waals surface area contributed by atoms with Gasteiger partial charge in [0.15, 0.2) is 0 Å². The average Bonchev–Trinajstić information content (AvgIpc) is 2.21. The molecule has 0 radical (unpaired) electrons. The van der Waals surface area contributed by atoms with Crippen molar-refractivity contribution in [3.05, 3.63) is 0 Å². The first kappa shape index (κ1) is 13.9. The maximum Gasteiger partial charge on any atom is 0.320 e. The SMILES string of the molecule is CCCC(NCC(=O)N(C)CC)C(=O)O. The van der Waals surface area contributed by atoms with E-state index in [0.717, 1.165) is 6.42 Å². The molecule has 0 fully saturated rings. The Morgan fingerprint density at radius 2 is 2.00 bits per heavy atom. The first-order valence-electron chi connectivity index (χ1n) is 5.23. The van der Waals surface area contributed by atoms with Crippen LogP contribution in [0.4, 0.5) is 0 Å². The lowest BCUT2D eigenvalue weighted by atomic mass is 10.2. The van der Waals surface area contributed by atoms with Gasteiger partial charge in [-0.1, -0.05) is 13.3 Å². The van der Waals surface area contributed by atoms with Crippen LogP contribution in [0.25, 0.3) is 0 Å². The fourth-order valence-electron chi connectivity index (χ4n) is 1.12. The van der Waals surface area contributed by atoms with Crippen molar-refractivity contribution >= 4 is 11.9 Å². The van der Waals surface area contributed by atoms with Crippen molar-refractivity contribution in [3.63, 3.8) is 0 Å². The topological polar surface area (TPSA) is 69.6 Å². The number of carbonyl (C=O) groups excluding carboxylic acids is 1. The van der Waals surface area contributed by atoms with E-state index < -0.39 is 12.0 Å². The van der Waals surface area contributed by atoms with Crippen LogP contribution in [0.15, 0.2) is 0 Å². The number of carbonyl (C=O) groups is 2. The molecule has 0 rings (SSSR count). The third kappa shape index (κ3) is 5.37. The highest BCUT2D eigenvalue weighted by Crippen LogP contribution is 1.96. The molecule has 0 aliphatic rings. The summed E-state index contributed by atoms with van der Waals surface area (Å²) in [5.41, 5.74) is 0. The average molecular weight is 216 g/mol.